The molecule has 0 spiro atoms. The van der Waals surface area contributed by atoms with Crippen LogP contribution in [0.4, 0.5) is 4.79 Å². The van der Waals surface area contributed by atoms with Crippen molar-refractivity contribution in [1.82, 2.24) is 26.6 Å². The Morgan fingerprint density at radius 1 is 0.676 bits per heavy atom. The van der Waals surface area contributed by atoms with Crippen LogP contribution < -0.4 is 43.8 Å². The van der Waals surface area contributed by atoms with E-state index in [1.54, 1.807) is 51.1 Å². The van der Waals surface area contributed by atoms with E-state index in [-0.39, 0.29) is 44.3 Å². The minimum absolute atomic E-state index is 0.0572. The van der Waals surface area contributed by atoms with Crippen molar-refractivity contribution in [2.24, 2.45) is 22.2 Å². The van der Waals surface area contributed by atoms with Gasteiger partial charge in [0.1, 0.15) is 36.8 Å². The molecule has 3 aromatic carbocycles. The Bertz CT molecular complexity index is 2270. The van der Waals surface area contributed by atoms with Crippen LogP contribution in [0.3, 0.4) is 0 Å². The fourth-order valence-corrected chi connectivity index (χ4v) is 7.63. The summed E-state index contributed by atoms with van der Waals surface area (Å²) in [6.07, 6.45) is -4.10. The molecule has 6 atom stereocenters. The third-order valence-corrected chi connectivity index (χ3v) is 10.7. The van der Waals surface area contributed by atoms with Crippen LogP contribution >= 0.6 is 0 Å². The number of primary amides is 1. The van der Waals surface area contributed by atoms with Gasteiger partial charge in [-0.3, -0.25) is 33.8 Å². The van der Waals surface area contributed by atoms with E-state index in [9.17, 15) is 48.6 Å². The molecule has 0 saturated heterocycles. The van der Waals surface area contributed by atoms with Gasteiger partial charge in [-0.25, -0.2) is 9.59 Å². The molecule has 0 radical (unpaired) electrons. The Balaban J connectivity index is 1.55. The number of ether oxygens (including phenoxy) is 2. The largest absolute Gasteiger partial charge is 0.481 e. The lowest BCUT2D eigenvalue weighted by Crippen LogP contribution is -2.62. The normalized spacial score (nSPS) is 14.5. The summed E-state index contributed by atoms with van der Waals surface area (Å²) in [6, 6.07) is 15.9. The molecule has 366 valence electrons. The molecular formula is C47H61N9O12. The number of nitrogens with one attached hydrogen (secondary N) is 5. The lowest BCUT2D eigenvalue weighted by molar-refractivity contribution is -0.144. The molecule has 6 amide bonds. The third kappa shape index (κ3) is 16.4. The molecule has 0 unspecified atom stereocenters. The number of alkyl carbamates (subject to hydrolysis) is 1. The molecular weight excluding hydrogens is 883 g/mol. The van der Waals surface area contributed by atoms with Crippen molar-refractivity contribution >= 4 is 53.5 Å². The highest BCUT2D eigenvalue weighted by Crippen LogP contribution is 2.44. The van der Waals surface area contributed by atoms with Crippen LogP contribution in [0, 0.1) is 0 Å². The highest BCUT2D eigenvalue weighted by molar-refractivity contribution is 5.97. The van der Waals surface area contributed by atoms with Gasteiger partial charge >= 0.3 is 18.0 Å². The molecule has 0 heterocycles. The quantitative estimate of drug-likeness (QED) is 0.0324. The number of amides is 6. The number of carboxylic acids is 2. The third-order valence-electron chi connectivity index (χ3n) is 10.7. The van der Waals surface area contributed by atoms with Gasteiger partial charge in [-0.05, 0) is 74.8 Å². The summed E-state index contributed by atoms with van der Waals surface area (Å²) in [6.45, 7) is 6.38. The average molecular weight is 944 g/mol. The first kappa shape index (κ1) is 53.1. The number of rotatable bonds is 25. The van der Waals surface area contributed by atoms with E-state index in [0.717, 1.165) is 22.3 Å². The summed E-state index contributed by atoms with van der Waals surface area (Å²) < 4.78 is 11.7. The van der Waals surface area contributed by atoms with Crippen LogP contribution in [-0.2, 0) is 49.5 Å². The Morgan fingerprint density at radius 3 is 1.75 bits per heavy atom. The Morgan fingerprint density at radius 2 is 1.21 bits per heavy atom. The minimum Gasteiger partial charge on any atom is -0.481 e. The lowest BCUT2D eigenvalue weighted by Gasteiger charge is -2.32. The number of nitrogens with two attached hydrogens (primary N) is 3. The predicted molar refractivity (Wildman–Crippen MR) is 248 cm³/mol. The summed E-state index contributed by atoms with van der Waals surface area (Å²) >= 11 is 0. The Labute approximate surface area is 393 Å². The molecule has 21 heteroatoms. The van der Waals surface area contributed by atoms with E-state index in [1.807, 2.05) is 48.5 Å². The number of aliphatic imine (C=N–C) groups is 1. The molecule has 4 rings (SSSR count). The van der Waals surface area contributed by atoms with Crippen LogP contribution in [0.5, 0.6) is 0 Å². The highest BCUT2D eigenvalue weighted by atomic mass is 16.5. The number of guanidine groups is 1. The van der Waals surface area contributed by atoms with E-state index in [1.165, 1.54) is 6.92 Å². The average Bonchev–Trinajstić information content (AvgIpc) is 3.59. The molecule has 21 nitrogen and oxygen atoms in total. The first-order valence-electron chi connectivity index (χ1n) is 22.0. The maximum Gasteiger partial charge on any atom is 0.407 e. The van der Waals surface area contributed by atoms with E-state index >= 15 is 0 Å². The smallest absolute Gasteiger partial charge is 0.407 e. The summed E-state index contributed by atoms with van der Waals surface area (Å²) in [5.74, 6) is -8.40. The van der Waals surface area contributed by atoms with Gasteiger partial charge in [-0.1, -0.05) is 78.9 Å². The summed E-state index contributed by atoms with van der Waals surface area (Å²) in [5, 5.41) is 31.6. The second kappa shape index (κ2) is 24.8. The van der Waals surface area contributed by atoms with Gasteiger partial charge in [-0.15, -0.1) is 0 Å². The fraction of sp³-hybridized carbons (Fsp3) is 0.426. The number of fused-ring (bicyclic) bond motifs is 3. The predicted octanol–water partition coefficient (Wildman–Crippen LogP) is 1.16. The zero-order valence-electron chi connectivity index (χ0n) is 38.4. The molecule has 13 N–H and O–H groups in total. The SMILES string of the molecule is C[C@@H](OC(C)(C)C)[C@H](NC(=O)[C@H](CC(N)=O)NC(=O)[C@H](CCCN=C(N)N)NC(=O)OCC1c2ccccc2-c2ccccc21)C(=O)N[C@@H](CCC(=O)O)C(=O)N[C@@H](Cc1ccccc1)C(=O)O. The summed E-state index contributed by atoms with van der Waals surface area (Å²) in [4.78, 5) is 109. The van der Waals surface area contributed by atoms with E-state index in [4.69, 9.17) is 26.7 Å². The van der Waals surface area contributed by atoms with Crippen LogP contribution in [0.15, 0.2) is 83.9 Å². The number of aliphatic carboxylic acids is 2. The van der Waals surface area contributed by atoms with Crippen LogP contribution in [0.25, 0.3) is 11.1 Å². The number of carbonyl (C=O) groups excluding carboxylic acids is 6. The number of hydrogen-bond donors (Lipinski definition) is 10. The topological polar surface area (TPSA) is 346 Å². The second-order valence-corrected chi connectivity index (χ2v) is 17.2. The maximum absolute atomic E-state index is 14.1. The number of nitrogens with zero attached hydrogens (tertiary/aromatic N) is 1. The Kier molecular flexibility index (Phi) is 19.4. The van der Waals surface area contributed by atoms with E-state index in [0.29, 0.717) is 5.56 Å². The molecule has 1 aliphatic rings. The minimum atomic E-state index is -1.75. The standard InChI is InChI=1S/C47H61N9O12/c1-26(68-47(2,3)4)39(43(63)52-34(20-21-38(58)59)41(61)54-36(44(64)65)23-27-13-6-5-7-14-27)56-42(62)35(24-37(48)57)53-40(60)33(19-12-22-51-45(49)50)55-46(66)67-25-32-30-17-10-8-15-28(30)29-16-9-11-18-31(29)32/h5-11,13-18,26,32-36,39H,12,19-25H2,1-4H3,(H2,48,57)(H,52,63)(H,53,60)(H,54,61)(H,55,66)(H,56,62)(H,58,59)(H,64,65)(H4,49,50,51)/t26-,33+,34+,35+,36+,39+/m1/s1. The first-order chi connectivity index (χ1) is 32.1. The van der Waals surface area contributed by atoms with Crippen molar-refractivity contribution in [3.8, 4) is 11.1 Å². The number of carbonyl (C=O) groups is 8. The van der Waals surface area contributed by atoms with Crippen molar-refractivity contribution in [1.29, 1.82) is 0 Å². The lowest BCUT2D eigenvalue weighted by atomic mass is 9.98. The van der Waals surface area contributed by atoms with Gasteiger partial charge in [0.05, 0.1) is 18.1 Å². The van der Waals surface area contributed by atoms with Crippen LogP contribution in [-0.4, -0.2) is 119 Å². The molecule has 68 heavy (non-hydrogen) atoms. The fourth-order valence-electron chi connectivity index (χ4n) is 7.63. The van der Waals surface area contributed by atoms with Crippen molar-refractivity contribution in [3.63, 3.8) is 0 Å². The van der Waals surface area contributed by atoms with Gasteiger partial charge in [0.15, 0.2) is 5.96 Å². The Hall–Kier alpha value is -7.55. The van der Waals surface area contributed by atoms with Crippen molar-refractivity contribution in [2.45, 2.75) is 114 Å². The maximum atomic E-state index is 14.1. The van der Waals surface area contributed by atoms with Crippen molar-refractivity contribution in [2.75, 3.05) is 13.2 Å². The highest BCUT2D eigenvalue weighted by Gasteiger charge is 2.37. The molecule has 0 fully saturated rings. The van der Waals surface area contributed by atoms with E-state index < -0.39 is 109 Å². The van der Waals surface area contributed by atoms with E-state index in [2.05, 4.69) is 31.6 Å². The summed E-state index contributed by atoms with van der Waals surface area (Å²) in [7, 11) is 0. The van der Waals surface area contributed by atoms with Gasteiger partial charge in [0.2, 0.25) is 29.5 Å². The van der Waals surface area contributed by atoms with Gasteiger partial charge in [0, 0.05) is 25.3 Å². The van der Waals surface area contributed by atoms with Crippen molar-refractivity contribution in [3.05, 3.63) is 95.6 Å². The van der Waals surface area contributed by atoms with Crippen molar-refractivity contribution < 1.29 is 58.0 Å². The number of benzene rings is 3. The molecule has 0 saturated carbocycles. The molecule has 0 bridgehead atoms. The molecule has 0 aliphatic heterocycles. The summed E-state index contributed by atoms with van der Waals surface area (Å²) in [5.41, 5.74) is 20.0. The number of hydrogen-bond acceptors (Lipinski definition) is 11. The van der Waals surface area contributed by atoms with Gasteiger partial charge < -0.3 is 63.5 Å². The van der Waals surface area contributed by atoms with Gasteiger partial charge in [0.25, 0.3) is 0 Å². The second-order valence-electron chi connectivity index (χ2n) is 17.2. The van der Waals surface area contributed by atoms with Crippen LogP contribution in [0.2, 0.25) is 0 Å². The monoisotopic (exact) mass is 943 g/mol. The zero-order chi connectivity index (χ0) is 50.1. The zero-order valence-corrected chi connectivity index (χ0v) is 38.4. The first-order valence-corrected chi connectivity index (χ1v) is 22.0. The molecule has 3 aromatic rings. The van der Waals surface area contributed by atoms with Crippen LogP contribution in [0.1, 0.15) is 82.4 Å². The van der Waals surface area contributed by atoms with Gasteiger partial charge in [-0.2, -0.15) is 0 Å². The molecule has 0 aromatic heterocycles. The molecule has 1 aliphatic carbocycles. The number of carboxylic acid groups (broad SMARTS) is 2.